The SMILES string of the molecule is Cc1ccc(O)c(C(c2cccc(N)c2)c2cc(C)ccc2O)c1. The van der Waals surface area contributed by atoms with Gasteiger partial charge < -0.3 is 15.9 Å². The van der Waals surface area contributed by atoms with Gasteiger partial charge >= 0.3 is 0 Å². The summed E-state index contributed by atoms with van der Waals surface area (Å²) in [5.41, 5.74) is 11.1. The van der Waals surface area contributed by atoms with E-state index in [0.717, 1.165) is 27.8 Å². The molecule has 0 fully saturated rings. The quantitative estimate of drug-likeness (QED) is 0.492. The Morgan fingerprint density at radius 2 is 1.29 bits per heavy atom. The lowest BCUT2D eigenvalue weighted by molar-refractivity contribution is 0.458. The van der Waals surface area contributed by atoms with Crippen LogP contribution in [0.1, 0.15) is 33.7 Å². The summed E-state index contributed by atoms with van der Waals surface area (Å²) in [6.45, 7) is 3.96. The van der Waals surface area contributed by atoms with Crippen LogP contribution in [0.5, 0.6) is 11.5 Å². The smallest absolute Gasteiger partial charge is 0.119 e. The van der Waals surface area contributed by atoms with E-state index < -0.39 is 0 Å². The average molecular weight is 319 g/mol. The molecule has 0 saturated heterocycles. The third-order valence-corrected chi connectivity index (χ3v) is 4.23. The van der Waals surface area contributed by atoms with Crippen LogP contribution in [-0.4, -0.2) is 10.2 Å². The van der Waals surface area contributed by atoms with E-state index in [1.165, 1.54) is 0 Å². The molecule has 0 atom stereocenters. The van der Waals surface area contributed by atoms with Crippen molar-refractivity contribution < 1.29 is 10.2 Å². The summed E-state index contributed by atoms with van der Waals surface area (Å²) >= 11 is 0. The Morgan fingerprint density at radius 3 is 1.79 bits per heavy atom. The number of nitrogen functional groups attached to an aromatic ring is 1. The molecule has 0 aliphatic heterocycles. The fraction of sp³-hybridized carbons (Fsp3) is 0.143. The van der Waals surface area contributed by atoms with Gasteiger partial charge in [-0.25, -0.2) is 0 Å². The molecule has 0 aliphatic rings. The summed E-state index contributed by atoms with van der Waals surface area (Å²) in [7, 11) is 0. The van der Waals surface area contributed by atoms with E-state index in [1.807, 2.05) is 62.4 Å². The first-order valence-electron chi connectivity index (χ1n) is 7.90. The Bertz CT molecular complexity index is 835. The Balaban J connectivity index is 2.29. The van der Waals surface area contributed by atoms with Crippen LogP contribution in [0, 0.1) is 13.8 Å². The fourth-order valence-corrected chi connectivity index (χ4v) is 3.08. The molecule has 0 aliphatic carbocycles. The molecule has 0 amide bonds. The van der Waals surface area contributed by atoms with Crippen LogP contribution in [0.3, 0.4) is 0 Å². The molecule has 0 unspecified atom stereocenters. The van der Waals surface area contributed by atoms with Gasteiger partial charge in [-0.15, -0.1) is 0 Å². The fourth-order valence-electron chi connectivity index (χ4n) is 3.08. The molecule has 3 heteroatoms. The minimum absolute atomic E-state index is 0.203. The van der Waals surface area contributed by atoms with Crippen LogP contribution in [0.15, 0.2) is 60.7 Å². The van der Waals surface area contributed by atoms with Crippen molar-refractivity contribution >= 4 is 5.69 Å². The number of rotatable bonds is 3. The van der Waals surface area contributed by atoms with E-state index in [4.69, 9.17) is 5.73 Å². The molecule has 3 rings (SSSR count). The standard InChI is InChI=1S/C21H21NO2/c1-13-6-8-19(23)17(10-13)21(15-4-3-5-16(22)12-15)18-11-14(2)7-9-20(18)24/h3-12,21,23-24H,22H2,1-2H3. The number of nitrogens with two attached hydrogens (primary N) is 1. The zero-order chi connectivity index (χ0) is 17.3. The van der Waals surface area contributed by atoms with Crippen LogP contribution in [0.2, 0.25) is 0 Å². The molecule has 4 N–H and O–H groups in total. The molecule has 0 radical (unpaired) electrons. The lowest BCUT2D eigenvalue weighted by Crippen LogP contribution is -2.06. The molecule has 0 spiro atoms. The molecule has 3 aromatic rings. The van der Waals surface area contributed by atoms with Gasteiger partial charge in [-0.3, -0.25) is 0 Å². The van der Waals surface area contributed by atoms with Crippen molar-refractivity contribution in [3.63, 3.8) is 0 Å². The third kappa shape index (κ3) is 3.06. The second kappa shape index (κ2) is 6.28. The third-order valence-electron chi connectivity index (χ3n) is 4.23. The molecule has 0 aromatic heterocycles. The maximum absolute atomic E-state index is 10.4. The van der Waals surface area contributed by atoms with E-state index in [-0.39, 0.29) is 17.4 Å². The van der Waals surface area contributed by atoms with Crippen molar-refractivity contribution in [2.24, 2.45) is 0 Å². The average Bonchev–Trinajstić information content (AvgIpc) is 2.54. The number of benzene rings is 3. The minimum Gasteiger partial charge on any atom is -0.508 e. The molecular formula is C21H21NO2. The molecule has 0 heterocycles. The Hall–Kier alpha value is -2.94. The maximum Gasteiger partial charge on any atom is 0.119 e. The zero-order valence-electron chi connectivity index (χ0n) is 13.8. The Kier molecular flexibility index (Phi) is 4.17. The number of anilines is 1. The van der Waals surface area contributed by atoms with Gasteiger partial charge in [-0.1, -0.05) is 47.5 Å². The predicted octanol–water partition coefficient (Wildman–Crippen LogP) is 4.48. The molecular weight excluding hydrogens is 298 g/mol. The highest BCUT2D eigenvalue weighted by Gasteiger charge is 2.23. The van der Waals surface area contributed by atoms with Crippen molar-refractivity contribution in [2.45, 2.75) is 19.8 Å². The van der Waals surface area contributed by atoms with Crippen molar-refractivity contribution in [1.82, 2.24) is 0 Å². The van der Waals surface area contributed by atoms with Crippen molar-refractivity contribution in [3.8, 4) is 11.5 Å². The second-order valence-electron chi connectivity index (χ2n) is 6.23. The molecule has 24 heavy (non-hydrogen) atoms. The monoisotopic (exact) mass is 319 g/mol. The van der Waals surface area contributed by atoms with Gasteiger partial charge in [0.05, 0.1) is 0 Å². The van der Waals surface area contributed by atoms with Crippen molar-refractivity contribution in [3.05, 3.63) is 88.5 Å². The van der Waals surface area contributed by atoms with Crippen LogP contribution in [-0.2, 0) is 0 Å². The molecule has 0 bridgehead atoms. The first-order valence-corrected chi connectivity index (χ1v) is 7.90. The zero-order valence-corrected chi connectivity index (χ0v) is 13.8. The highest BCUT2D eigenvalue weighted by atomic mass is 16.3. The normalized spacial score (nSPS) is 11.0. The number of hydrogen-bond donors (Lipinski definition) is 3. The van der Waals surface area contributed by atoms with E-state index in [2.05, 4.69) is 0 Å². The summed E-state index contributed by atoms with van der Waals surface area (Å²) in [5.74, 6) is 0.108. The van der Waals surface area contributed by atoms with Gasteiger partial charge in [-0.2, -0.15) is 0 Å². The van der Waals surface area contributed by atoms with Gasteiger partial charge in [-0.05, 0) is 43.7 Å². The van der Waals surface area contributed by atoms with Gasteiger partial charge in [0.15, 0.2) is 0 Å². The van der Waals surface area contributed by atoms with Crippen LogP contribution in [0.25, 0.3) is 0 Å². The topological polar surface area (TPSA) is 66.5 Å². The van der Waals surface area contributed by atoms with E-state index in [1.54, 1.807) is 12.1 Å². The molecule has 122 valence electrons. The van der Waals surface area contributed by atoms with Crippen LogP contribution >= 0.6 is 0 Å². The van der Waals surface area contributed by atoms with E-state index in [0.29, 0.717) is 5.69 Å². The lowest BCUT2D eigenvalue weighted by Gasteiger charge is -2.22. The van der Waals surface area contributed by atoms with Crippen molar-refractivity contribution in [2.75, 3.05) is 5.73 Å². The molecule has 3 nitrogen and oxygen atoms in total. The van der Waals surface area contributed by atoms with Crippen LogP contribution in [0.4, 0.5) is 5.69 Å². The second-order valence-corrected chi connectivity index (χ2v) is 6.23. The number of aromatic hydroxyl groups is 2. The summed E-state index contributed by atoms with van der Waals surface area (Å²) in [6.07, 6.45) is 0. The van der Waals surface area contributed by atoms with E-state index in [9.17, 15) is 10.2 Å². The lowest BCUT2D eigenvalue weighted by atomic mass is 9.83. The van der Waals surface area contributed by atoms with Gasteiger partial charge in [0.2, 0.25) is 0 Å². The predicted molar refractivity (Wildman–Crippen MR) is 97.5 cm³/mol. The number of hydrogen-bond acceptors (Lipinski definition) is 3. The highest BCUT2D eigenvalue weighted by molar-refractivity contribution is 5.56. The summed E-state index contributed by atoms with van der Waals surface area (Å²) in [6, 6.07) is 18.6. The highest BCUT2D eigenvalue weighted by Crippen LogP contribution is 2.41. The van der Waals surface area contributed by atoms with Gasteiger partial charge in [0.25, 0.3) is 0 Å². The van der Waals surface area contributed by atoms with Gasteiger partial charge in [0.1, 0.15) is 11.5 Å². The Morgan fingerprint density at radius 1 is 0.750 bits per heavy atom. The summed E-state index contributed by atoms with van der Waals surface area (Å²) < 4.78 is 0. The number of aryl methyl sites for hydroxylation is 2. The molecule has 3 aromatic carbocycles. The first kappa shape index (κ1) is 15.9. The van der Waals surface area contributed by atoms with E-state index >= 15 is 0 Å². The number of phenols is 2. The first-order chi connectivity index (χ1) is 11.5. The van der Waals surface area contributed by atoms with Crippen molar-refractivity contribution in [1.29, 1.82) is 0 Å². The summed E-state index contributed by atoms with van der Waals surface area (Å²) in [5, 5.41) is 20.9. The summed E-state index contributed by atoms with van der Waals surface area (Å²) in [4.78, 5) is 0. The molecule has 0 saturated carbocycles. The van der Waals surface area contributed by atoms with Gasteiger partial charge in [0, 0.05) is 22.7 Å². The maximum atomic E-state index is 10.4. The minimum atomic E-state index is -0.298. The van der Waals surface area contributed by atoms with Crippen LogP contribution < -0.4 is 5.73 Å². The Labute approximate surface area is 142 Å². The number of phenolic OH excluding ortho intramolecular Hbond substituents is 2. The largest absolute Gasteiger partial charge is 0.508 e.